The predicted molar refractivity (Wildman–Crippen MR) is 140 cm³/mol. The van der Waals surface area contributed by atoms with E-state index < -0.39 is 0 Å². The SMILES string of the molecule is CC(C)(C)c1ccc(NC(=O)c2cccc3c2CCN(Cc2ccnc4ccccc24)C3=O)cc1. The summed E-state index contributed by atoms with van der Waals surface area (Å²) in [4.78, 5) is 32.8. The summed E-state index contributed by atoms with van der Waals surface area (Å²) in [5, 5.41) is 4.06. The van der Waals surface area contributed by atoms with Gasteiger partial charge in [-0.2, -0.15) is 0 Å². The number of hydrogen-bond acceptors (Lipinski definition) is 3. The van der Waals surface area contributed by atoms with E-state index in [9.17, 15) is 9.59 Å². The van der Waals surface area contributed by atoms with Crippen LogP contribution in [0.2, 0.25) is 0 Å². The number of benzene rings is 3. The van der Waals surface area contributed by atoms with E-state index >= 15 is 0 Å². The molecule has 5 nitrogen and oxygen atoms in total. The number of anilines is 1. The predicted octanol–water partition coefficient (Wildman–Crippen LogP) is 5.98. The number of aromatic nitrogens is 1. The fourth-order valence-electron chi connectivity index (χ4n) is 4.69. The summed E-state index contributed by atoms with van der Waals surface area (Å²) in [7, 11) is 0. The first kappa shape index (κ1) is 22.8. The zero-order valence-electron chi connectivity index (χ0n) is 20.3. The number of nitrogens with one attached hydrogen (secondary N) is 1. The van der Waals surface area contributed by atoms with Gasteiger partial charge in [-0.3, -0.25) is 14.6 Å². The lowest BCUT2D eigenvalue weighted by Gasteiger charge is -2.30. The van der Waals surface area contributed by atoms with E-state index in [1.807, 2.05) is 65.6 Å². The third-order valence-electron chi connectivity index (χ3n) is 6.68. The zero-order valence-corrected chi connectivity index (χ0v) is 20.3. The standard InChI is InChI=1S/C30H29N3O2/c1-30(2,3)21-11-13-22(14-12-21)32-28(34)25-8-6-9-26-24(25)16-18-33(29(26)35)19-20-15-17-31-27-10-5-4-7-23(20)27/h4-15,17H,16,18-19H2,1-3H3,(H,32,34). The number of pyridine rings is 1. The molecule has 1 N–H and O–H groups in total. The molecule has 1 aromatic heterocycles. The molecule has 2 heterocycles. The first-order valence-corrected chi connectivity index (χ1v) is 12.0. The summed E-state index contributed by atoms with van der Waals surface area (Å²) in [6, 6.07) is 23.3. The van der Waals surface area contributed by atoms with Gasteiger partial charge >= 0.3 is 0 Å². The van der Waals surface area contributed by atoms with Gasteiger partial charge in [-0.15, -0.1) is 0 Å². The Balaban J connectivity index is 1.36. The summed E-state index contributed by atoms with van der Waals surface area (Å²) in [6.45, 7) is 7.56. The summed E-state index contributed by atoms with van der Waals surface area (Å²) in [5.74, 6) is -0.233. The molecule has 5 heteroatoms. The number of carbonyl (C=O) groups excluding carboxylic acids is 2. The number of para-hydroxylation sites is 1. The Hall–Kier alpha value is -3.99. The van der Waals surface area contributed by atoms with Crippen LogP contribution in [-0.2, 0) is 18.4 Å². The highest BCUT2D eigenvalue weighted by Gasteiger charge is 2.28. The average molecular weight is 464 g/mol. The smallest absolute Gasteiger partial charge is 0.255 e. The minimum atomic E-state index is -0.188. The van der Waals surface area contributed by atoms with Gasteiger partial charge in [-0.05, 0) is 64.9 Å². The van der Waals surface area contributed by atoms with Crippen LogP contribution in [0.4, 0.5) is 5.69 Å². The first-order chi connectivity index (χ1) is 16.8. The van der Waals surface area contributed by atoms with Crippen molar-refractivity contribution in [1.29, 1.82) is 0 Å². The Morgan fingerprint density at radius 3 is 2.51 bits per heavy atom. The molecule has 1 aliphatic heterocycles. The molecule has 0 atom stereocenters. The second-order valence-corrected chi connectivity index (χ2v) is 10.1. The zero-order chi connectivity index (χ0) is 24.6. The number of rotatable bonds is 4. The third-order valence-corrected chi connectivity index (χ3v) is 6.68. The third kappa shape index (κ3) is 4.54. The number of hydrogen-bond donors (Lipinski definition) is 1. The monoisotopic (exact) mass is 463 g/mol. The molecule has 0 spiro atoms. The van der Waals surface area contributed by atoms with E-state index in [2.05, 4.69) is 31.1 Å². The summed E-state index contributed by atoms with van der Waals surface area (Å²) in [6.07, 6.45) is 2.42. The number of nitrogens with zero attached hydrogens (tertiary/aromatic N) is 2. The molecule has 0 saturated heterocycles. The maximum absolute atomic E-state index is 13.4. The summed E-state index contributed by atoms with van der Waals surface area (Å²) < 4.78 is 0. The molecule has 176 valence electrons. The molecule has 4 aromatic rings. The molecule has 2 amide bonds. The summed E-state index contributed by atoms with van der Waals surface area (Å²) in [5.41, 5.74) is 5.97. The number of fused-ring (bicyclic) bond motifs is 2. The van der Waals surface area contributed by atoms with Crippen LogP contribution < -0.4 is 5.32 Å². The van der Waals surface area contributed by atoms with Gasteiger partial charge in [0.25, 0.3) is 11.8 Å². The van der Waals surface area contributed by atoms with E-state index in [-0.39, 0.29) is 17.2 Å². The van der Waals surface area contributed by atoms with Crippen LogP contribution in [0.5, 0.6) is 0 Å². The molecule has 5 rings (SSSR count). The van der Waals surface area contributed by atoms with Crippen molar-refractivity contribution in [3.05, 3.63) is 107 Å². The number of carbonyl (C=O) groups is 2. The van der Waals surface area contributed by atoms with Gasteiger partial charge in [0.05, 0.1) is 5.52 Å². The molecule has 0 bridgehead atoms. The Morgan fingerprint density at radius 2 is 1.74 bits per heavy atom. The minimum absolute atomic E-state index is 0.0451. The molecule has 0 aliphatic carbocycles. The normalized spacial score (nSPS) is 13.6. The van der Waals surface area contributed by atoms with Crippen molar-refractivity contribution >= 4 is 28.4 Å². The number of amides is 2. The molecule has 0 radical (unpaired) electrons. The maximum atomic E-state index is 13.4. The van der Waals surface area contributed by atoms with Gasteiger partial charge in [0, 0.05) is 41.5 Å². The maximum Gasteiger partial charge on any atom is 0.255 e. The Kier molecular flexibility index (Phi) is 5.85. The van der Waals surface area contributed by atoms with Crippen LogP contribution >= 0.6 is 0 Å². The van der Waals surface area contributed by atoms with Crippen molar-refractivity contribution in [1.82, 2.24) is 9.88 Å². The van der Waals surface area contributed by atoms with Crippen molar-refractivity contribution in [2.45, 2.75) is 39.2 Å². The van der Waals surface area contributed by atoms with Crippen LogP contribution in [0.25, 0.3) is 10.9 Å². The molecule has 0 fully saturated rings. The van der Waals surface area contributed by atoms with Crippen LogP contribution in [-0.4, -0.2) is 28.2 Å². The van der Waals surface area contributed by atoms with Crippen LogP contribution in [0.3, 0.4) is 0 Å². The Labute approximate surface area is 205 Å². The Bertz CT molecular complexity index is 1410. The Morgan fingerprint density at radius 1 is 0.971 bits per heavy atom. The van der Waals surface area contributed by atoms with E-state index in [1.165, 1.54) is 5.56 Å². The van der Waals surface area contributed by atoms with Crippen molar-refractivity contribution in [2.24, 2.45) is 0 Å². The largest absolute Gasteiger partial charge is 0.334 e. The molecule has 0 unspecified atom stereocenters. The molecular formula is C30H29N3O2. The lowest BCUT2D eigenvalue weighted by molar-refractivity contribution is 0.0727. The molecule has 0 saturated carbocycles. The average Bonchev–Trinajstić information content (AvgIpc) is 2.85. The first-order valence-electron chi connectivity index (χ1n) is 12.0. The molecule has 35 heavy (non-hydrogen) atoms. The quantitative estimate of drug-likeness (QED) is 0.405. The lowest BCUT2D eigenvalue weighted by atomic mass is 9.87. The van der Waals surface area contributed by atoms with Gasteiger partial charge < -0.3 is 10.2 Å². The van der Waals surface area contributed by atoms with Gasteiger partial charge in [-0.25, -0.2) is 0 Å². The fourth-order valence-corrected chi connectivity index (χ4v) is 4.69. The van der Waals surface area contributed by atoms with E-state index in [0.29, 0.717) is 30.6 Å². The highest BCUT2D eigenvalue weighted by Crippen LogP contribution is 2.27. The molecular weight excluding hydrogens is 434 g/mol. The van der Waals surface area contributed by atoms with Crippen molar-refractivity contribution in [2.75, 3.05) is 11.9 Å². The van der Waals surface area contributed by atoms with Crippen molar-refractivity contribution in [3.63, 3.8) is 0 Å². The van der Waals surface area contributed by atoms with Crippen molar-refractivity contribution in [3.8, 4) is 0 Å². The van der Waals surface area contributed by atoms with Gasteiger partial charge in [0.2, 0.25) is 0 Å². The van der Waals surface area contributed by atoms with Crippen LogP contribution in [0, 0.1) is 0 Å². The topological polar surface area (TPSA) is 62.3 Å². The van der Waals surface area contributed by atoms with E-state index in [4.69, 9.17) is 0 Å². The van der Waals surface area contributed by atoms with Crippen LogP contribution in [0.15, 0.2) is 79.0 Å². The highest BCUT2D eigenvalue weighted by molar-refractivity contribution is 6.08. The van der Waals surface area contributed by atoms with Gasteiger partial charge in [0.1, 0.15) is 0 Å². The summed E-state index contributed by atoms with van der Waals surface area (Å²) >= 11 is 0. The van der Waals surface area contributed by atoms with Gasteiger partial charge in [0.15, 0.2) is 0 Å². The molecule has 1 aliphatic rings. The van der Waals surface area contributed by atoms with E-state index in [0.717, 1.165) is 27.7 Å². The molecule has 3 aromatic carbocycles. The highest BCUT2D eigenvalue weighted by atomic mass is 16.2. The second kappa shape index (κ2) is 8.99. The lowest BCUT2D eigenvalue weighted by Crippen LogP contribution is -2.38. The van der Waals surface area contributed by atoms with Crippen molar-refractivity contribution < 1.29 is 9.59 Å². The van der Waals surface area contributed by atoms with Crippen LogP contribution in [0.1, 0.15) is 58.2 Å². The fraction of sp³-hybridized carbons (Fsp3) is 0.233. The second-order valence-electron chi connectivity index (χ2n) is 10.1. The van der Waals surface area contributed by atoms with E-state index in [1.54, 1.807) is 18.3 Å². The minimum Gasteiger partial charge on any atom is -0.334 e. The van der Waals surface area contributed by atoms with Gasteiger partial charge in [-0.1, -0.05) is 57.2 Å².